The molecule has 0 fully saturated rings. The van der Waals surface area contributed by atoms with Crippen molar-refractivity contribution in [2.45, 2.75) is 13.1 Å². The number of rotatable bonds is 3. The number of hydrogen-bond donors (Lipinski definition) is 0. The summed E-state index contributed by atoms with van der Waals surface area (Å²) in [6.07, 6.45) is -4.81. The number of carbonyl (C=O) groups excluding carboxylic acids is 1. The molecule has 29 heavy (non-hydrogen) atoms. The lowest BCUT2D eigenvalue weighted by atomic mass is 10.1. The van der Waals surface area contributed by atoms with E-state index in [4.69, 9.17) is 27.9 Å². The van der Waals surface area contributed by atoms with Gasteiger partial charge in [-0.25, -0.2) is 14.2 Å². The molecule has 11 heteroatoms. The molecule has 0 saturated carbocycles. The van der Waals surface area contributed by atoms with Crippen molar-refractivity contribution in [3.05, 3.63) is 67.8 Å². The van der Waals surface area contributed by atoms with Crippen molar-refractivity contribution < 1.29 is 27.1 Å². The Morgan fingerprint density at radius 3 is 2.48 bits per heavy atom. The molecule has 3 aromatic rings. The van der Waals surface area contributed by atoms with Crippen LogP contribution in [0.15, 0.2) is 35.1 Å². The van der Waals surface area contributed by atoms with Crippen LogP contribution < -0.4 is 5.56 Å². The SMILES string of the molecule is CCOC(=O)c1c(Cl)c2ccc(C(F)(F)F)nc2n(-c2ccc(Cl)c(F)c2)c1=O. The fraction of sp³-hybridized carbons (Fsp3) is 0.167. The van der Waals surface area contributed by atoms with Gasteiger partial charge in [-0.05, 0) is 37.3 Å². The van der Waals surface area contributed by atoms with Crippen molar-refractivity contribution in [2.75, 3.05) is 6.61 Å². The standard InChI is InChI=1S/C18H10Cl2F4N2O3/c1-2-29-17(28)13-14(20)9-4-6-12(18(22,23)24)25-15(9)26(16(13)27)8-3-5-10(19)11(21)7-8/h3-7H,2H2,1H3. The van der Waals surface area contributed by atoms with Crippen LogP contribution in [0.5, 0.6) is 0 Å². The third-order valence-electron chi connectivity index (χ3n) is 3.89. The van der Waals surface area contributed by atoms with Crippen molar-refractivity contribution in [1.29, 1.82) is 0 Å². The maximum Gasteiger partial charge on any atom is 0.433 e. The maximum absolute atomic E-state index is 14.0. The number of carbonyl (C=O) groups is 1. The van der Waals surface area contributed by atoms with Gasteiger partial charge in [0.15, 0.2) is 0 Å². The second kappa shape index (κ2) is 7.64. The molecule has 5 nitrogen and oxygen atoms in total. The monoisotopic (exact) mass is 448 g/mol. The van der Waals surface area contributed by atoms with Gasteiger partial charge in [0.05, 0.1) is 22.3 Å². The van der Waals surface area contributed by atoms with Crippen molar-refractivity contribution in [3.63, 3.8) is 0 Å². The van der Waals surface area contributed by atoms with E-state index in [1.807, 2.05) is 0 Å². The summed E-state index contributed by atoms with van der Waals surface area (Å²) >= 11 is 11.8. The van der Waals surface area contributed by atoms with Crippen LogP contribution in [0.4, 0.5) is 17.6 Å². The summed E-state index contributed by atoms with van der Waals surface area (Å²) in [6, 6.07) is 4.75. The number of pyridine rings is 2. The number of ether oxygens (including phenoxy) is 1. The summed E-state index contributed by atoms with van der Waals surface area (Å²) in [7, 11) is 0. The molecule has 3 rings (SSSR count). The number of esters is 1. The molecule has 1 aromatic carbocycles. The second-order valence-electron chi connectivity index (χ2n) is 5.71. The highest BCUT2D eigenvalue weighted by Crippen LogP contribution is 2.32. The average molecular weight is 449 g/mol. The van der Waals surface area contributed by atoms with E-state index in [1.54, 1.807) is 0 Å². The molecular formula is C18H10Cl2F4N2O3. The smallest absolute Gasteiger partial charge is 0.433 e. The zero-order valence-corrected chi connectivity index (χ0v) is 16.0. The zero-order chi connectivity index (χ0) is 21.5. The topological polar surface area (TPSA) is 61.2 Å². The molecule has 2 heterocycles. The van der Waals surface area contributed by atoms with Crippen molar-refractivity contribution in [1.82, 2.24) is 9.55 Å². The van der Waals surface area contributed by atoms with Gasteiger partial charge in [0.2, 0.25) is 0 Å². The van der Waals surface area contributed by atoms with E-state index in [2.05, 4.69) is 4.98 Å². The fourth-order valence-electron chi connectivity index (χ4n) is 2.63. The Hall–Kier alpha value is -2.65. The summed E-state index contributed by atoms with van der Waals surface area (Å²) in [5, 5.41) is -0.817. The molecule has 0 bridgehead atoms. The molecule has 0 saturated heterocycles. The van der Waals surface area contributed by atoms with Gasteiger partial charge in [-0.3, -0.25) is 9.36 Å². The summed E-state index contributed by atoms with van der Waals surface area (Å²) in [4.78, 5) is 28.7. The number of fused-ring (bicyclic) bond motifs is 1. The Bertz CT molecular complexity index is 1190. The Morgan fingerprint density at radius 1 is 1.21 bits per heavy atom. The van der Waals surface area contributed by atoms with Gasteiger partial charge in [0.1, 0.15) is 22.7 Å². The van der Waals surface area contributed by atoms with Crippen LogP contribution >= 0.6 is 23.2 Å². The van der Waals surface area contributed by atoms with Crippen LogP contribution in [0.3, 0.4) is 0 Å². The number of aromatic nitrogens is 2. The van der Waals surface area contributed by atoms with E-state index in [-0.39, 0.29) is 22.7 Å². The molecule has 0 amide bonds. The minimum Gasteiger partial charge on any atom is -0.462 e. The lowest BCUT2D eigenvalue weighted by Crippen LogP contribution is -2.28. The van der Waals surface area contributed by atoms with Gasteiger partial charge >= 0.3 is 12.1 Å². The molecule has 0 aliphatic heterocycles. The molecule has 0 spiro atoms. The highest BCUT2D eigenvalue weighted by molar-refractivity contribution is 6.38. The number of hydrogen-bond acceptors (Lipinski definition) is 4. The largest absolute Gasteiger partial charge is 0.462 e. The van der Waals surface area contributed by atoms with E-state index >= 15 is 0 Å². The molecule has 0 atom stereocenters. The summed E-state index contributed by atoms with van der Waals surface area (Å²) < 4.78 is 58.9. The Labute approximate surface area is 170 Å². The van der Waals surface area contributed by atoms with Crippen LogP contribution in [0.1, 0.15) is 23.0 Å². The van der Waals surface area contributed by atoms with E-state index in [1.165, 1.54) is 13.0 Å². The highest BCUT2D eigenvalue weighted by Gasteiger charge is 2.34. The first-order chi connectivity index (χ1) is 13.6. The van der Waals surface area contributed by atoms with Gasteiger partial charge in [-0.2, -0.15) is 13.2 Å². The summed E-state index contributed by atoms with van der Waals surface area (Å²) in [5.74, 6) is -2.00. The van der Waals surface area contributed by atoms with Gasteiger partial charge in [0.25, 0.3) is 5.56 Å². The van der Waals surface area contributed by atoms with Gasteiger partial charge in [0, 0.05) is 5.39 Å². The van der Waals surface area contributed by atoms with Crippen LogP contribution in [0, 0.1) is 5.82 Å². The van der Waals surface area contributed by atoms with Gasteiger partial charge in [-0.15, -0.1) is 0 Å². The first-order valence-electron chi connectivity index (χ1n) is 8.01. The molecular weight excluding hydrogens is 439 g/mol. The first kappa shape index (κ1) is 21.1. The number of benzene rings is 1. The fourth-order valence-corrected chi connectivity index (χ4v) is 3.05. The Balaban J connectivity index is 2.48. The van der Waals surface area contributed by atoms with Crippen LogP contribution in [0.2, 0.25) is 10.0 Å². The predicted molar refractivity (Wildman–Crippen MR) is 98.3 cm³/mol. The van der Waals surface area contributed by atoms with E-state index in [0.29, 0.717) is 10.6 Å². The van der Waals surface area contributed by atoms with Crippen molar-refractivity contribution in [2.24, 2.45) is 0 Å². The number of halogens is 6. The lowest BCUT2D eigenvalue weighted by Gasteiger charge is -2.15. The maximum atomic E-state index is 14.0. The minimum atomic E-state index is -4.81. The Morgan fingerprint density at radius 2 is 1.90 bits per heavy atom. The average Bonchev–Trinajstić information content (AvgIpc) is 2.64. The van der Waals surface area contributed by atoms with E-state index in [9.17, 15) is 27.2 Å². The van der Waals surface area contributed by atoms with Gasteiger partial charge in [-0.1, -0.05) is 23.2 Å². The number of nitrogens with zero attached hydrogens (tertiary/aromatic N) is 2. The third kappa shape index (κ3) is 3.79. The zero-order valence-electron chi connectivity index (χ0n) is 14.5. The molecule has 0 unspecified atom stereocenters. The summed E-state index contributed by atoms with van der Waals surface area (Å²) in [5.41, 5.74) is -3.74. The highest BCUT2D eigenvalue weighted by atomic mass is 35.5. The summed E-state index contributed by atoms with van der Waals surface area (Å²) in [6.45, 7) is 1.42. The van der Waals surface area contributed by atoms with E-state index < -0.39 is 45.4 Å². The third-order valence-corrected chi connectivity index (χ3v) is 4.59. The van der Waals surface area contributed by atoms with Gasteiger partial charge < -0.3 is 4.74 Å². The molecule has 2 aromatic heterocycles. The normalized spacial score (nSPS) is 11.7. The van der Waals surface area contributed by atoms with E-state index in [0.717, 1.165) is 18.2 Å². The molecule has 0 radical (unpaired) electrons. The molecule has 152 valence electrons. The molecule has 0 aliphatic rings. The Kier molecular flexibility index (Phi) is 5.55. The molecule has 0 N–H and O–H groups in total. The molecule has 0 aliphatic carbocycles. The van der Waals surface area contributed by atoms with Crippen LogP contribution in [-0.2, 0) is 10.9 Å². The lowest BCUT2D eigenvalue weighted by molar-refractivity contribution is -0.141. The second-order valence-corrected chi connectivity index (χ2v) is 6.50. The van der Waals surface area contributed by atoms with Crippen molar-refractivity contribution in [3.8, 4) is 5.69 Å². The van der Waals surface area contributed by atoms with Crippen LogP contribution in [0.25, 0.3) is 16.7 Å². The predicted octanol–water partition coefficient (Wildman–Crippen LogP) is 5.03. The van der Waals surface area contributed by atoms with Crippen molar-refractivity contribution >= 4 is 40.2 Å². The quantitative estimate of drug-likeness (QED) is 0.416. The first-order valence-corrected chi connectivity index (χ1v) is 8.76. The van der Waals surface area contributed by atoms with Crippen LogP contribution in [-0.4, -0.2) is 22.1 Å². The minimum absolute atomic E-state index is 0.0759. The number of alkyl halides is 3.